The molecular weight excluding hydrogens is 328 g/mol. The maximum absolute atomic E-state index is 5.01. The normalized spacial score (nSPS) is 17.3. The van der Waals surface area contributed by atoms with Crippen LogP contribution in [-0.4, -0.2) is 59.1 Å². The van der Waals surface area contributed by atoms with Crippen LogP contribution in [0.1, 0.15) is 36.7 Å². The quantitative estimate of drug-likeness (QED) is 0.654. The zero-order valence-electron chi connectivity index (χ0n) is 15.9. The van der Waals surface area contributed by atoms with Crippen LogP contribution in [0.15, 0.2) is 39.8 Å². The zero-order chi connectivity index (χ0) is 18.4. The van der Waals surface area contributed by atoms with E-state index in [1.807, 2.05) is 7.05 Å². The summed E-state index contributed by atoms with van der Waals surface area (Å²) in [5.41, 5.74) is 1.40. The smallest absolute Gasteiger partial charge is 0.223 e. The lowest BCUT2D eigenvalue weighted by Crippen LogP contribution is -2.53. The summed E-state index contributed by atoms with van der Waals surface area (Å²) in [5.74, 6) is 2.12. The van der Waals surface area contributed by atoms with Gasteiger partial charge in [-0.15, -0.1) is 0 Å². The Hall–Kier alpha value is -2.41. The maximum atomic E-state index is 5.01. The Kier molecular flexibility index (Phi) is 6.22. The summed E-state index contributed by atoms with van der Waals surface area (Å²) >= 11 is 0. The Balaban J connectivity index is 1.54. The molecule has 0 radical (unpaired) electrons. The van der Waals surface area contributed by atoms with Crippen LogP contribution in [0.5, 0.6) is 0 Å². The summed E-state index contributed by atoms with van der Waals surface area (Å²) in [6.07, 6.45) is 1.12. The number of piperazine rings is 1. The van der Waals surface area contributed by atoms with E-state index in [-0.39, 0.29) is 0 Å². The molecule has 7 heteroatoms. The van der Waals surface area contributed by atoms with Gasteiger partial charge in [-0.25, -0.2) is 0 Å². The topological polar surface area (TPSA) is 69.8 Å². The largest absolute Gasteiger partial charge is 0.349 e. The van der Waals surface area contributed by atoms with Crippen LogP contribution in [0.25, 0.3) is 0 Å². The molecule has 1 fully saturated rings. The lowest BCUT2D eigenvalue weighted by Gasteiger charge is -2.40. The van der Waals surface area contributed by atoms with E-state index in [0.717, 1.165) is 38.6 Å². The third kappa shape index (κ3) is 4.40. The number of aromatic nitrogens is 2. The Morgan fingerprint density at radius 3 is 2.54 bits per heavy atom. The second kappa shape index (κ2) is 8.80. The molecular formula is C19H28N6O. The third-order valence-electron chi connectivity index (χ3n) is 4.81. The van der Waals surface area contributed by atoms with Crippen LogP contribution >= 0.6 is 0 Å². The fraction of sp³-hybridized carbons (Fsp3) is 0.526. The number of benzene rings is 1. The molecule has 2 aromatic rings. The molecule has 1 aromatic heterocycles. The molecule has 1 saturated heterocycles. The minimum Gasteiger partial charge on any atom is -0.349 e. The summed E-state index contributed by atoms with van der Waals surface area (Å²) < 4.78 is 5.01. The van der Waals surface area contributed by atoms with Crippen molar-refractivity contribution in [2.75, 3.05) is 33.2 Å². The molecule has 1 aliphatic heterocycles. The number of aryl methyl sites for hydroxylation is 1. The van der Waals surface area contributed by atoms with E-state index in [4.69, 9.17) is 4.52 Å². The minimum atomic E-state index is 0.482. The van der Waals surface area contributed by atoms with Gasteiger partial charge in [-0.05, 0) is 12.0 Å². The molecule has 0 spiro atoms. The molecule has 1 atom stereocenters. The third-order valence-corrected chi connectivity index (χ3v) is 4.81. The van der Waals surface area contributed by atoms with Gasteiger partial charge in [0.05, 0.1) is 6.54 Å². The van der Waals surface area contributed by atoms with Crippen LogP contribution < -0.4 is 5.32 Å². The second-order valence-corrected chi connectivity index (χ2v) is 6.49. The average molecular weight is 356 g/mol. The van der Waals surface area contributed by atoms with Crippen LogP contribution in [0.4, 0.5) is 0 Å². The predicted octanol–water partition coefficient (Wildman–Crippen LogP) is 2.22. The van der Waals surface area contributed by atoms with E-state index < -0.39 is 0 Å². The average Bonchev–Trinajstić information content (AvgIpc) is 3.10. The van der Waals surface area contributed by atoms with Gasteiger partial charge in [0.1, 0.15) is 0 Å². The summed E-state index contributed by atoms with van der Waals surface area (Å²) in [6.45, 7) is 8.53. The molecule has 0 bridgehead atoms. The van der Waals surface area contributed by atoms with Crippen LogP contribution in [0.2, 0.25) is 0 Å². The first-order chi connectivity index (χ1) is 12.7. The van der Waals surface area contributed by atoms with Gasteiger partial charge in [0.2, 0.25) is 5.89 Å². The van der Waals surface area contributed by atoms with Crippen molar-refractivity contribution >= 4 is 5.96 Å². The molecule has 7 nitrogen and oxygen atoms in total. The monoisotopic (exact) mass is 356 g/mol. The fourth-order valence-electron chi connectivity index (χ4n) is 3.53. The van der Waals surface area contributed by atoms with E-state index in [1.165, 1.54) is 5.56 Å². The number of nitrogens with zero attached hydrogens (tertiary/aromatic N) is 5. The number of hydrogen-bond donors (Lipinski definition) is 1. The van der Waals surface area contributed by atoms with Crippen LogP contribution in [0, 0.1) is 6.92 Å². The highest BCUT2D eigenvalue weighted by molar-refractivity contribution is 5.79. The molecule has 3 rings (SSSR count). The molecule has 0 saturated carbocycles. The van der Waals surface area contributed by atoms with Crippen molar-refractivity contribution < 1.29 is 4.52 Å². The van der Waals surface area contributed by atoms with Crippen LogP contribution in [0.3, 0.4) is 0 Å². The number of rotatable bonds is 5. The van der Waals surface area contributed by atoms with Crippen molar-refractivity contribution in [2.24, 2.45) is 4.99 Å². The van der Waals surface area contributed by atoms with Gasteiger partial charge in [0.15, 0.2) is 11.8 Å². The highest BCUT2D eigenvalue weighted by Gasteiger charge is 2.25. The van der Waals surface area contributed by atoms with Crippen molar-refractivity contribution in [2.45, 2.75) is 32.9 Å². The van der Waals surface area contributed by atoms with E-state index in [2.05, 4.69) is 67.5 Å². The van der Waals surface area contributed by atoms with Gasteiger partial charge in [0.25, 0.3) is 0 Å². The minimum absolute atomic E-state index is 0.482. The SMILES string of the molecule is CCC(c1ccccc1)N1CCN(C(=NC)NCc2noc(C)n2)CC1. The second-order valence-electron chi connectivity index (χ2n) is 6.49. The van der Waals surface area contributed by atoms with E-state index in [0.29, 0.717) is 24.3 Å². The summed E-state index contributed by atoms with van der Waals surface area (Å²) in [4.78, 5) is 13.5. The van der Waals surface area contributed by atoms with E-state index in [9.17, 15) is 0 Å². The standard InChI is InChI=1S/C19H28N6O/c1-4-17(16-8-6-5-7-9-16)24-10-12-25(13-11-24)19(20-3)21-14-18-22-15(2)26-23-18/h5-9,17H,4,10-14H2,1-3H3,(H,20,21). The summed E-state index contributed by atoms with van der Waals surface area (Å²) in [5, 5.41) is 7.25. The number of hydrogen-bond acceptors (Lipinski definition) is 5. The Morgan fingerprint density at radius 1 is 1.23 bits per heavy atom. The van der Waals surface area contributed by atoms with Gasteiger partial charge < -0.3 is 14.7 Å². The molecule has 2 heterocycles. The van der Waals surface area contributed by atoms with Gasteiger partial charge in [-0.2, -0.15) is 4.98 Å². The summed E-state index contributed by atoms with van der Waals surface area (Å²) in [6, 6.07) is 11.3. The van der Waals surface area contributed by atoms with Crippen LogP contribution in [-0.2, 0) is 6.54 Å². The van der Waals surface area contributed by atoms with E-state index in [1.54, 1.807) is 6.92 Å². The maximum Gasteiger partial charge on any atom is 0.223 e. The summed E-state index contributed by atoms with van der Waals surface area (Å²) in [7, 11) is 1.81. The molecule has 1 unspecified atom stereocenters. The lowest BCUT2D eigenvalue weighted by molar-refractivity contribution is 0.127. The number of aliphatic imine (C=N–C) groups is 1. The predicted molar refractivity (Wildman–Crippen MR) is 102 cm³/mol. The molecule has 1 N–H and O–H groups in total. The van der Waals surface area contributed by atoms with Crippen molar-refractivity contribution in [3.63, 3.8) is 0 Å². The number of guanidine groups is 1. The highest BCUT2D eigenvalue weighted by atomic mass is 16.5. The highest BCUT2D eigenvalue weighted by Crippen LogP contribution is 2.25. The van der Waals surface area contributed by atoms with Gasteiger partial charge in [0, 0.05) is 46.2 Å². The fourth-order valence-corrected chi connectivity index (χ4v) is 3.53. The molecule has 1 aromatic carbocycles. The first kappa shape index (κ1) is 18.4. The van der Waals surface area contributed by atoms with E-state index >= 15 is 0 Å². The molecule has 0 amide bonds. The van der Waals surface area contributed by atoms with Crippen molar-refractivity contribution in [1.82, 2.24) is 25.3 Å². The van der Waals surface area contributed by atoms with Crippen molar-refractivity contribution in [1.29, 1.82) is 0 Å². The van der Waals surface area contributed by atoms with Gasteiger partial charge >= 0.3 is 0 Å². The molecule has 1 aliphatic rings. The van der Waals surface area contributed by atoms with Crippen molar-refractivity contribution in [3.05, 3.63) is 47.6 Å². The van der Waals surface area contributed by atoms with Gasteiger partial charge in [-0.1, -0.05) is 42.4 Å². The lowest BCUT2D eigenvalue weighted by atomic mass is 10.0. The Morgan fingerprint density at radius 2 is 1.96 bits per heavy atom. The molecule has 26 heavy (non-hydrogen) atoms. The Bertz CT molecular complexity index is 706. The number of nitrogens with one attached hydrogen (secondary N) is 1. The molecule has 140 valence electrons. The Labute approximate surface area is 155 Å². The zero-order valence-corrected chi connectivity index (χ0v) is 15.9. The first-order valence-corrected chi connectivity index (χ1v) is 9.25. The van der Waals surface area contributed by atoms with Crippen molar-refractivity contribution in [3.8, 4) is 0 Å². The molecule has 0 aliphatic carbocycles. The van der Waals surface area contributed by atoms with Gasteiger partial charge in [-0.3, -0.25) is 9.89 Å². The first-order valence-electron chi connectivity index (χ1n) is 9.25.